The second-order valence-electron chi connectivity index (χ2n) is 4.31. The number of ether oxygens (including phenoxy) is 1. The number of carbonyl (C=O) groups excluding carboxylic acids is 1. The quantitative estimate of drug-likeness (QED) is 0.938. The number of nitriles is 1. The number of hydrogen-bond donors (Lipinski definition) is 1. The summed E-state index contributed by atoms with van der Waals surface area (Å²) < 4.78 is 5.51. The molecular weight excluding hydrogens is 272 g/mol. The number of carbonyl (C=O) groups is 1. The molecule has 0 fully saturated rings. The lowest BCUT2D eigenvalue weighted by molar-refractivity contribution is -0.118. The largest absolute Gasteiger partial charge is 0.483 e. The zero-order chi connectivity index (χ0) is 14.5. The van der Waals surface area contributed by atoms with E-state index in [9.17, 15) is 4.79 Å². The Kier molecular flexibility index (Phi) is 4.38. The fraction of sp³-hybridized carbons (Fsp3) is 0.200. The lowest BCUT2D eigenvalue weighted by Gasteiger charge is -2.10. The van der Waals surface area contributed by atoms with Gasteiger partial charge in [0.15, 0.2) is 6.61 Å². The number of nitrogens with zero attached hydrogens (tertiary/aromatic N) is 1. The van der Waals surface area contributed by atoms with E-state index in [1.54, 1.807) is 11.4 Å². The first-order valence-electron chi connectivity index (χ1n) is 6.08. The average Bonchev–Trinajstić information content (AvgIpc) is 2.87. The molecule has 1 N–H and O–H groups in total. The summed E-state index contributed by atoms with van der Waals surface area (Å²) in [5.74, 6) is 0.427. The Balaban J connectivity index is 1.96. The smallest absolute Gasteiger partial charge is 0.262 e. The van der Waals surface area contributed by atoms with E-state index < -0.39 is 0 Å². The molecule has 1 aromatic carbocycles. The number of rotatable bonds is 4. The van der Waals surface area contributed by atoms with Gasteiger partial charge >= 0.3 is 0 Å². The Morgan fingerprint density at radius 2 is 2.20 bits per heavy atom. The van der Waals surface area contributed by atoms with Gasteiger partial charge in [-0.05, 0) is 42.5 Å². The van der Waals surface area contributed by atoms with Crippen molar-refractivity contribution >= 4 is 22.2 Å². The molecule has 0 aliphatic heterocycles. The van der Waals surface area contributed by atoms with Crippen molar-refractivity contribution in [1.82, 2.24) is 0 Å². The standard InChI is InChI=1S/C15H14N2O2S/c1-10-4-3-5-13(11(10)2)19-9-14(18)17-15-12(8-16)6-7-20-15/h3-7H,9H2,1-2H3,(H,17,18). The van der Waals surface area contributed by atoms with Crippen LogP contribution < -0.4 is 10.1 Å². The van der Waals surface area contributed by atoms with Crippen molar-refractivity contribution in [1.29, 1.82) is 5.26 Å². The Morgan fingerprint density at radius 3 is 2.95 bits per heavy atom. The van der Waals surface area contributed by atoms with Gasteiger partial charge in [-0.25, -0.2) is 0 Å². The van der Waals surface area contributed by atoms with Gasteiger partial charge in [0, 0.05) is 0 Å². The number of thiophene rings is 1. The van der Waals surface area contributed by atoms with Gasteiger partial charge in [-0.1, -0.05) is 12.1 Å². The Morgan fingerprint density at radius 1 is 1.40 bits per heavy atom. The molecule has 0 aliphatic rings. The molecule has 102 valence electrons. The first kappa shape index (κ1) is 14.1. The summed E-state index contributed by atoms with van der Waals surface area (Å²) in [5, 5.41) is 13.9. The zero-order valence-electron chi connectivity index (χ0n) is 11.3. The minimum absolute atomic E-state index is 0.0763. The summed E-state index contributed by atoms with van der Waals surface area (Å²) in [4.78, 5) is 11.8. The molecule has 0 saturated carbocycles. The molecule has 0 radical (unpaired) electrons. The van der Waals surface area contributed by atoms with Gasteiger partial charge in [0.2, 0.25) is 0 Å². The van der Waals surface area contributed by atoms with Gasteiger partial charge in [-0.2, -0.15) is 5.26 Å². The summed E-state index contributed by atoms with van der Waals surface area (Å²) in [6.07, 6.45) is 0. The van der Waals surface area contributed by atoms with Crippen molar-refractivity contribution in [3.63, 3.8) is 0 Å². The number of amides is 1. The van der Waals surface area contributed by atoms with E-state index in [4.69, 9.17) is 10.00 Å². The van der Waals surface area contributed by atoms with Gasteiger partial charge in [-0.3, -0.25) is 4.79 Å². The first-order chi connectivity index (χ1) is 9.61. The van der Waals surface area contributed by atoms with E-state index in [2.05, 4.69) is 5.32 Å². The average molecular weight is 286 g/mol. The number of aryl methyl sites for hydroxylation is 1. The predicted octanol–water partition coefficient (Wildman–Crippen LogP) is 3.25. The molecule has 0 spiro atoms. The number of nitrogens with one attached hydrogen (secondary N) is 1. The second kappa shape index (κ2) is 6.22. The summed E-state index contributed by atoms with van der Waals surface area (Å²) in [7, 11) is 0. The van der Waals surface area contributed by atoms with Crippen molar-refractivity contribution in [2.45, 2.75) is 13.8 Å². The Bertz CT molecular complexity index is 671. The minimum Gasteiger partial charge on any atom is -0.483 e. The summed E-state index contributed by atoms with van der Waals surface area (Å²) in [5.41, 5.74) is 2.61. The summed E-state index contributed by atoms with van der Waals surface area (Å²) >= 11 is 1.32. The second-order valence-corrected chi connectivity index (χ2v) is 5.23. The normalized spacial score (nSPS) is 9.85. The van der Waals surface area contributed by atoms with Crippen LogP contribution in [0.3, 0.4) is 0 Å². The van der Waals surface area contributed by atoms with E-state index in [1.807, 2.05) is 38.1 Å². The third-order valence-corrected chi connectivity index (χ3v) is 3.78. The van der Waals surface area contributed by atoms with E-state index in [1.165, 1.54) is 11.3 Å². The lowest BCUT2D eigenvalue weighted by atomic mass is 10.1. The maximum absolute atomic E-state index is 11.8. The Labute approximate surface area is 121 Å². The molecule has 1 heterocycles. The highest BCUT2D eigenvalue weighted by atomic mass is 32.1. The SMILES string of the molecule is Cc1cccc(OCC(=O)Nc2sccc2C#N)c1C. The molecule has 20 heavy (non-hydrogen) atoms. The maximum Gasteiger partial charge on any atom is 0.262 e. The lowest BCUT2D eigenvalue weighted by Crippen LogP contribution is -2.20. The molecular formula is C15H14N2O2S. The monoisotopic (exact) mass is 286 g/mol. The molecule has 0 aliphatic carbocycles. The van der Waals surface area contributed by atoms with E-state index in [0.29, 0.717) is 16.3 Å². The number of anilines is 1. The highest BCUT2D eigenvalue weighted by molar-refractivity contribution is 7.14. The summed E-state index contributed by atoms with van der Waals surface area (Å²) in [6.45, 7) is 3.87. The zero-order valence-corrected chi connectivity index (χ0v) is 12.1. The van der Waals surface area contributed by atoms with Crippen LogP contribution in [0.15, 0.2) is 29.6 Å². The van der Waals surface area contributed by atoms with Crippen LogP contribution in [0.2, 0.25) is 0 Å². The van der Waals surface area contributed by atoms with Crippen molar-refractivity contribution in [3.8, 4) is 11.8 Å². The predicted molar refractivity (Wildman–Crippen MR) is 79.1 cm³/mol. The highest BCUT2D eigenvalue weighted by Crippen LogP contribution is 2.23. The number of benzene rings is 1. The first-order valence-corrected chi connectivity index (χ1v) is 6.96. The maximum atomic E-state index is 11.8. The topological polar surface area (TPSA) is 62.1 Å². The van der Waals surface area contributed by atoms with Gasteiger partial charge in [-0.15, -0.1) is 11.3 Å². The molecule has 2 aromatic rings. The van der Waals surface area contributed by atoms with Gasteiger partial charge < -0.3 is 10.1 Å². The molecule has 0 atom stereocenters. The van der Waals surface area contributed by atoms with Crippen molar-refractivity contribution in [2.24, 2.45) is 0 Å². The van der Waals surface area contributed by atoms with Gasteiger partial charge in [0.25, 0.3) is 5.91 Å². The Hall–Kier alpha value is -2.32. The molecule has 1 amide bonds. The summed E-state index contributed by atoms with van der Waals surface area (Å²) in [6, 6.07) is 9.42. The van der Waals surface area contributed by atoms with Crippen LogP contribution in [0.25, 0.3) is 0 Å². The van der Waals surface area contributed by atoms with Crippen LogP contribution in [0.1, 0.15) is 16.7 Å². The van der Waals surface area contributed by atoms with Crippen LogP contribution in [0.5, 0.6) is 5.75 Å². The van der Waals surface area contributed by atoms with Crippen molar-refractivity contribution in [2.75, 3.05) is 11.9 Å². The fourth-order valence-electron chi connectivity index (χ4n) is 1.68. The fourth-order valence-corrected chi connectivity index (χ4v) is 2.43. The van der Waals surface area contributed by atoms with E-state index >= 15 is 0 Å². The molecule has 0 saturated heterocycles. The highest BCUT2D eigenvalue weighted by Gasteiger charge is 2.10. The third-order valence-electron chi connectivity index (χ3n) is 2.95. The van der Waals surface area contributed by atoms with E-state index in [0.717, 1.165) is 11.1 Å². The molecule has 1 aromatic heterocycles. The molecule has 0 unspecified atom stereocenters. The van der Waals surface area contributed by atoms with Gasteiger partial charge in [0.1, 0.15) is 16.8 Å². The minimum atomic E-state index is -0.273. The van der Waals surface area contributed by atoms with Crippen LogP contribution in [-0.2, 0) is 4.79 Å². The molecule has 4 nitrogen and oxygen atoms in total. The third kappa shape index (κ3) is 3.16. The van der Waals surface area contributed by atoms with E-state index in [-0.39, 0.29) is 12.5 Å². The molecule has 0 bridgehead atoms. The molecule has 5 heteroatoms. The van der Waals surface area contributed by atoms with Crippen LogP contribution >= 0.6 is 11.3 Å². The van der Waals surface area contributed by atoms with Crippen molar-refractivity contribution in [3.05, 3.63) is 46.3 Å². The molecule has 2 rings (SSSR count). The number of hydrogen-bond acceptors (Lipinski definition) is 4. The van der Waals surface area contributed by atoms with Crippen LogP contribution in [0.4, 0.5) is 5.00 Å². The van der Waals surface area contributed by atoms with Crippen LogP contribution in [-0.4, -0.2) is 12.5 Å². The van der Waals surface area contributed by atoms with Crippen molar-refractivity contribution < 1.29 is 9.53 Å². The van der Waals surface area contributed by atoms with Gasteiger partial charge in [0.05, 0.1) is 5.56 Å². The van der Waals surface area contributed by atoms with Crippen LogP contribution in [0, 0.1) is 25.2 Å².